The van der Waals surface area contributed by atoms with Crippen LogP contribution < -0.4 is 5.73 Å². The number of nitrogens with two attached hydrogens (primary N) is 1. The van der Waals surface area contributed by atoms with E-state index in [2.05, 4.69) is 37.3 Å². The first-order valence-electron chi connectivity index (χ1n) is 11.2. The predicted octanol–water partition coefficient (Wildman–Crippen LogP) is 3.16. The number of hydrogen-bond acceptors (Lipinski definition) is 8. The average molecular weight is 457 g/mol. The summed E-state index contributed by atoms with van der Waals surface area (Å²) in [6, 6.07) is 10.9. The van der Waals surface area contributed by atoms with Crippen molar-refractivity contribution in [3.05, 3.63) is 52.4 Å². The SMILES string of the molecule is Cc1cc([C@H]2CN(C3CCN(C4=NN=C(N)C4)CC3)[C@@H](Cc3ccc(Cl)cc3)CO2)on1. The van der Waals surface area contributed by atoms with Gasteiger partial charge >= 0.3 is 0 Å². The number of morpholine rings is 1. The molecule has 0 aliphatic carbocycles. The molecule has 9 heteroatoms. The molecule has 0 bridgehead atoms. The third-order valence-corrected chi connectivity index (χ3v) is 6.87. The molecule has 2 saturated heterocycles. The van der Waals surface area contributed by atoms with Gasteiger partial charge in [-0.15, -0.1) is 10.2 Å². The first kappa shape index (κ1) is 21.4. The summed E-state index contributed by atoms with van der Waals surface area (Å²) in [5.41, 5.74) is 7.96. The third kappa shape index (κ3) is 4.67. The van der Waals surface area contributed by atoms with Crippen molar-refractivity contribution in [3.63, 3.8) is 0 Å². The van der Waals surface area contributed by atoms with Crippen molar-refractivity contribution < 1.29 is 9.26 Å². The summed E-state index contributed by atoms with van der Waals surface area (Å²) in [5.74, 6) is 2.40. The van der Waals surface area contributed by atoms with E-state index in [1.165, 1.54) is 5.56 Å². The molecule has 8 nitrogen and oxygen atoms in total. The van der Waals surface area contributed by atoms with Gasteiger partial charge in [0.25, 0.3) is 0 Å². The predicted molar refractivity (Wildman–Crippen MR) is 124 cm³/mol. The van der Waals surface area contributed by atoms with Crippen LogP contribution >= 0.6 is 11.6 Å². The van der Waals surface area contributed by atoms with Crippen molar-refractivity contribution in [2.75, 3.05) is 26.2 Å². The Labute approximate surface area is 193 Å². The highest BCUT2D eigenvalue weighted by Crippen LogP contribution is 2.31. The number of likely N-dealkylation sites (tertiary alicyclic amines) is 1. The third-order valence-electron chi connectivity index (χ3n) is 6.62. The molecule has 0 amide bonds. The number of rotatable bonds is 4. The molecule has 3 aliphatic rings. The van der Waals surface area contributed by atoms with E-state index in [1.807, 2.05) is 25.1 Å². The van der Waals surface area contributed by atoms with Gasteiger partial charge in [-0.3, -0.25) is 4.90 Å². The molecule has 0 radical (unpaired) electrons. The highest BCUT2D eigenvalue weighted by molar-refractivity contribution is 6.30. The topological polar surface area (TPSA) is 92.5 Å². The van der Waals surface area contributed by atoms with Crippen LogP contribution in [-0.2, 0) is 11.2 Å². The lowest BCUT2D eigenvalue weighted by Gasteiger charge is -2.46. The van der Waals surface area contributed by atoms with Crippen molar-refractivity contribution in [3.8, 4) is 0 Å². The van der Waals surface area contributed by atoms with Gasteiger partial charge in [0.15, 0.2) is 5.76 Å². The smallest absolute Gasteiger partial charge is 0.167 e. The zero-order chi connectivity index (χ0) is 22.1. The van der Waals surface area contributed by atoms with Crippen LogP contribution in [0.3, 0.4) is 0 Å². The lowest BCUT2D eigenvalue weighted by molar-refractivity contribution is -0.0950. The van der Waals surface area contributed by atoms with Gasteiger partial charge in [0.1, 0.15) is 17.8 Å². The number of hydrogen-bond donors (Lipinski definition) is 1. The number of amidine groups is 2. The molecule has 32 heavy (non-hydrogen) atoms. The number of piperidine rings is 1. The van der Waals surface area contributed by atoms with Crippen LogP contribution in [0.1, 0.15) is 42.4 Å². The fraction of sp³-hybridized carbons (Fsp3) is 0.522. The van der Waals surface area contributed by atoms with Gasteiger partial charge in [0.05, 0.1) is 18.7 Å². The molecular formula is C23H29ClN6O2. The Morgan fingerprint density at radius 3 is 2.59 bits per heavy atom. The fourth-order valence-electron chi connectivity index (χ4n) is 4.92. The molecule has 0 saturated carbocycles. The molecule has 1 aromatic carbocycles. The lowest BCUT2D eigenvalue weighted by Crippen LogP contribution is -2.55. The van der Waals surface area contributed by atoms with Crippen molar-refractivity contribution >= 4 is 23.3 Å². The number of nitrogens with zero attached hydrogens (tertiary/aromatic N) is 5. The summed E-state index contributed by atoms with van der Waals surface area (Å²) in [6.45, 7) is 5.32. The molecule has 5 rings (SSSR count). The van der Waals surface area contributed by atoms with E-state index < -0.39 is 0 Å². The van der Waals surface area contributed by atoms with Crippen molar-refractivity contribution in [1.82, 2.24) is 15.0 Å². The zero-order valence-corrected chi connectivity index (χ0v) is 19.0. The lowest BCUT2D eigenvalue weighted by atomic mass is 9.95. The Bertz CT molecular complexity index is 996. The monoisotopic (exact) mass is 456 g/mol. The van der Waals surface area contributed by atoms with Crippen LogP contribution in [-0.4, -0.2) is 65.0 Å². The Balaban J connectivity index is 1.29. The molecule has 4 heterocycles. The standard InChI is InChI=1S/C23H29ClN6O2/c1-15-10-20(32-28-15)21-13-30(19(14-31-21)11-16-2-4-17(24)5-3-16)18-6-8-29(9-7-18)23-12-22(25)26-27-23/h2-5,10,18-19,21H,6-9,11-14H2,1H3,(H2,25,26)/t19-,21+/m0/s1. The molecule has 0 unspecified atom stereocenters. The van der Waals surface area contributed by atoms with E-state index in [4.69, 9.17) is 26.6 Å². The Morgan fingerprint density at radius 2 is 1.94 bits per heavy atom. The van der Waals surface area contributed by atoms with E-state index in [0.29, 0.717) is 30.9 Å². The highest BCUT2D eigenvalue weighted by Gasteiger charge is 2.37. The minimum Gasteiger partial charge on any atom is -0.385 e. The maximum atomic E-state index is 6.26. The van der Waals surface area contributed by atoms with Gasteiger partial charge in [0, 0.05) is 42.8 Å². The van der Waals surface area contributed by atoms with Gasteiger partial charge in [-0.25, -0.2) is 0 Å². The van der Waals surface area contributed by atoms with Gasteiger partial charge in [0.2, 0.25) is 0 Å². The minimum atomic E-state index is -0.0943. The van der Waals surface area contributed by atoms with Gasteiger partial charge in [-0.2, -0.15) is 0 Å². The Kier molecular flexibility index (Phi) is 6.17. The number of halogens is 1. The summed E-state index contributed by atoms with van der Waals surface area (Å²) in [5, 5.41) is 13.1. The molecule has 2 fully saturated rings. The quantitative estimate of drug-likeness (QED) is 0.759. The van der Waals surface area contributed by atoms with E-state index in [9.17, 15) is 0 Å². The van der Waals surface area contributed by atoms with Gasteiger partial charge in [-0.05, 0) is 43.9 Å². The van der Waals surface area contributed by atoms with Crippen LogP contribution in [0.15, 0.2) is 45.1 Å². The summed E-state index contributed by atoms with van der Waals surface area (Å²) in [4.78, 5) is 4.95. The largest absolute Gasteiger partial charge is 0.385 e. The van der Waals surface area contributed by atoms with Crippen molar-refractivity contribution in [2.45, 2.75) is 50.8 Å². The summed E-state index contributed by atoms with van der Waals surface area (Å²) in [6.07, 6.45) is 3.63. The highest BCUT2D eigenvalue weighted by atomic mass is 35.5. The normalized spacial score (nSPS) is 25.1. The first-order chi connectivity index (χ1) is 15.5. The van der Waals surface area contributed by atoms with E-state index in [0.717, 1.165) is 61.2 Å². The molecule has 3 aliphatic heterocycles. The molecule has 2 N–H and O–H groups in total. The Hall–Kier alpha value is -2.42. The average Bonchev–Trinajstić information content (AvgIpc) is 3.44. The van der Waals surface area contributed by atoms with Crippen LogP contribution in [0.5, 0.6) is 0 Å². The summed E-state index contributed by atoms with van der Waals surface area (Å²) >= 11 is 6.09. The number of aromatic nitrogens is 1. The van der Waals surface area contributed by atoms with E-state index >= 15 is 0 Å². The zero-order valence-electron chi connectivity index (χ0n) is 18.3. The molecular weight excluding hydrogens is 428 g/mol. The van der Waals surface area contributed by atoms with Crippen LogP contribution in [0.2, 0.25) is 5.02 Å². The van der Waals surface area contributed by atoms with Crippen LogP contribution in [0, 0.1) is 6.92 Å². The Morgan fingerprint density at radius 1 is 1.16 bits per heavy atom. The van der Waals surface area contributed by atoms with E-state index in [1.54, 1.807) is 0 Å². The second-order valence-corrected chi connectivity index (χ2v) is 9.31. The summed E-state index contributed by atoms with van der Waals surface area (Å²) in [7, 11) is 0. The van der Waals surface area contributed by atoms with Crippen molar-refractivity contribution in [1.29, 1.82) is 0 Å². The molecule has 2 atom stereocenters. The maximum absolute atomic E-state index is 6.26. The minimum absolute atomic E-state index is 0.0943. The molecule has 2 aromatic rings. The summed E-state index contributed by atoms with van der Waals surface area (Å²) < 4.78 is 11.8. The molecule has 170 valence electrons. The first-order valence-corrected chi connectivity index (χ1v) is 11.6. The van der Waals surface area contributed by atoms with Gasteiger partial charge < -0.3 is 19.9 Å². The number of ether oxygens (including phenoxy) is 1. The number of benzene rings is 1. The number of aryl methyl sites for hydroxylation is 1. The second kappa shape index (κ2) is 9.21. The van der Waals surface area contributed by atoms with Crippen LogP contribution in [0.4, 0.5) is 0 Å². The fourth-order valence-corrected chi connectivity index (χ4v) is 5.05. The maximum Gasteiger partial charge on any atom is 0.167 e. The molecule has 0 spiro atoms. The van der Waals surface area contributed by atoms with Crippen LogP contribution in [0.25, 0.3) is 0 Å². The molecule has 1 aromatic heterocycles. The second-order valence-electron chi connectivity index (χ2n) is 8.88. The van der Waals surface area contributed by atoms with E-state index in [-0.39, 0.29) is 6.10 Å². The van der Waals surface area contributed by atoms with Gasteiger partial charge in [-0.1, -0.05) is 28.9 Å². The van der Waals surface area contributed by atoms with Crippen molar-refractivity contribution in [2.24, 2.45) is 15.9 Å².